The number of amidine groups is 1. The molecule has 0 radical (unpaired) electrons. The van der Waals surface area contributed by atoms with Gasteiger partial charge in [-0.15, -0.1) is 5.10 Å². The second-order valence-electron chi connectivity index (χ2n) is 4.04. The van der Waals surface area contributed by atoms with Gasteiger partial charge in [-0.2, -0.15) is 5.10 Å². The molecular formula is C13H15N5O2. The molecule has 0 amide bonds. The van der Waals surface area contributed by atoms with E-state index < -0.39 is 0 Å². The lowest BCUT2D eigenvalue weighted by molar-refractivity contribution is 0.293. The van der Waals surface area contributed by atoms with Crippen LogP contribution in [0.25, 0.3) is 0 Å². The minimum atomic E-state index is -0.0518. The summed E-state index contributed by atoms with van der Waals surface area (Å²) < 4.78 is 5.52. The van der Waals surface area contributed by atoms with Crippen molar-refractivity contribution in [2.24, 2.45) is 10.9 Å². The number of oxime groups is 1. The van der Waals surface area contributed by atoms with E-state index in [-0.39, 0.29) is 11.7 Å². The Kier molecular flexibility index (Phi) is 4.82. The Labute approximate surface area is 116 Å². The molecule has 20 heavy (non-hydrogen) atoms. The number of ether oxygens (including phenoxy) is 1. The van der Waals surface area contributed by atoms with Crippen LogP contribution in [-0.4, -0.2) is 32.8 Å². The molecule has 0 fully saturated rings. The van der Waals surface area contributed by atoms with E-state index in [1.54, 1.807) is 18.5 Å². The zero-order valence-corrected chi connectivity index (χ0v) is 10.8. The Morgan fingerprint density at radius 2 is 2.05 bits per heavy atom. The number of hydrogen-bond donors (Lipinski definition) is 2. The molecule has 2 aromatic rings. The summed E-state index contributed by atoms with van der Waals surface area (Å²) in [6.07, 6.45) is 6.67. The van der Waals surface area contributed by atoms with Gasteiger partial charge in [0.1, 0.15) is 0 Å². The Bertz CT molecular complexity index is 574. The SMILES string of the molecule is N/C(=N/O)c1ccnnc1OCCCc1ccncc1. The van der Waals surface area contributed by atoms with E-state index in [0.717, 1.165) is 12.8 Å². The first-order valence-electron chi connectivity index (χ1n) is 6.12. The summed E-state index contributed by atoms with van der Waals surface area (Å²) >= 11 is 0. The summed E-state index contributed by atoms with van der Waals surface area (Å²) in [5, 5.41) is 19.2. The second kappa shape index (κ2) is 7.03. The highest BCUT2D eigenvalue weighted by Gasteiger charge is 2.09. The fourth-order valence-corrected chi connectivity index (χ4v) is 1.67. The molecule has 2 rings (SSSR count). The van der Waals surface area contributed by atoms with Gasteiger partial charge in [0.2, 0.25) is 5.88 Å². The van der Waals surface area contributed by atoms with Crippen LogP contribution in [-0.2, 0) is 6.42 Å². The van der Waals surface area contributed by atoms with Crippen LogP contribution in [0.3, 0.4) is 0 Å². The van der Waals surface area contributed by atoms with Crippen molar-refractivity contribution in [3.05, 3.63) is 47.9 Å². The van der Waals surface area contributed by atoms with Gasteiger partial charge in [-0.3, -0.25) is 4.98 Å². The van der Waals surface area contributed by atoms with Crippen LogP contribution in [0.2, 0.25) is 0 Å². The maximum absolute atomic E-state index is 8.69. The molecule has 0 bridgehead atoms. The minimum absolute atomic E-state index is 0.0518. The van der Waals surface area contributed by atoms with Crippen LogP contribution in [0.4, 0.5) is 0 Å². The summed E-state index contributed by atoms with van der Waals surface area (Å²) in [4.78, 5) is 3.96. The van der Waals surface area contributed by atoms with Gasteiger partial charge < -0.3 is 15.7 Å². The Hall–Kier alpha value is -2.70. The van der Waals surface area contributed by atoms with Gasteiger partial charge in [-0.25, -0.2) is 0 Å². The van der Waals surface area contributed by atoms with Crippen molar-refractivity contribution in [1.82, 2.24) is 15.2 Å². The lowest BCUT2D eigenvalue weighted by Crippen LogP contribution is -2.16. The van der Waals surface area contributed by atoms with Crippen LogP contribution >= 0.6 is 0 Å². The third kappa shape index (κ3) is 3.64. The predicted octanol–water partition coefficient (Wildman–Crippen LogP) is 0.978. The summed E-state index contributed by atoms with van der Waals surface area (Å²) in [5.74, 6) is 0.210. The quantitative estimate of drug-likeness (QED) is 0.267. The van der Waals surface area contributed by atoms with Gasteiger partial charge in [0, 0.05) is 12.4 Å². The Morgan fingerprint density at radius 3 is 2.80 bits per heavy atom. The molecule has 0 aliphatic heterocycles. The van der Waals surface area contributed by atoms with Crippen molar-refractivity contribution < 1.29 is 9.94 Å². The highest BCUT2D eigenvalue weighted by Crippen LogP contribution is 2.13. The molecule has 104 valence electrons. The molecular weight excluding hydrogens is 258 g/mol. The average molecular weight is 273 g/mol. The first-order chi connectivity index (χ1) is 9.81. The van der Waals surface area contributed by atoms with Gasteiger partial charge in [-0.1, -0.05) is 5.16 Å². The number of aromatic nitrogens is 3. The molecule has 0 spiro atoms. The van der Waals surface area contributed by atoms with Gasteiger partial charge >= 0.3 is 0 Å². The maximum Gasteiger partial charge on any atom is 0.244 e. The number of hydrogen-bond acceptors (Lipinski definition) is 6. The van der Waals surface area contributed by atoms with Crippen LogP contribution in [0, 0.1) is 0 Å². The van der Waals surface area contributed by atoms with E-state index >= 15 is 0 Å². The van der Waals surface area contributed by atoms with E-state index in [9.17, 15) is 0 Å². The maximum atomic E-state index is 8.69. The molecule has 0 aliphatic rings. The first kappa shape index (κ1) is 13.7. The first-order valence-corrected chi connectivity index (χ1v) is 6.12. The smallest absolute Gasteiger partial charge is 0.244 e. The molecule has 7 nitrogen and oxygen atoms in total. The molecule has 0 aliphatic carbocycles. The van der Waals surface area contributed by atoms with Crippen LogP contribution in [0.15, 0.2) is 41.9 Å². The second-order valence-corrected chi connectivity index (χ2v) is 4.04. The molecule has 0 atom stereocenters. The largest absolute Gasteiger partial charge is 0.476 e. The topological polar surface area (TPSA) is 107 Å². The van der Waals surface area contributed by atoms with Gasteiger partial charge in [0.25, 0.3) is 0 Å². The number of aryl methyl sites for hydroxylation is 1. The predicted molar refractivity (Wildman–Crippen MR) is 72.6 cm³/mol. The van der Waals surface area contributed by atoms with E-state index in [4.69, 9.17) is 15.7 Å². The molecule has 0 saturated carbocycles. The fraction of sp³-hybridized carbons (Fsp3) is 0.231. The van der Waals surface area contributed by atoms with Crippen LogP contribution in [0.5, 0.6) is 5.88 Å². The fourth-order valence-electron chi connectivity index (χ4n) is 1.67. The van der Waals surface area contributed by atoms with E-state index in [2.05, 4.69) is 20.3 Å². The van der Waals surface area contributed by atoms with Crippen molar-refractivity contribution in [3.63, 3.8) is 0 Å². The normalized spacial score (nSPS) is 11.3. The van der Waals surface area contributed by atoms with Crippen LogP contribution < -0.4 is 10.5 Å². The Balaban J connectivity index is 1.88. The summed E-state index contributed by atoms with van der Waals surface area (Å²) in [6.45, 7) is 0.465. The molecule has 2 aromatic heterocycles. The number of nitrogens with two attached hydrogens (primary N) is 1. The van der Waals surface area contributed by atoms with Crippen molar-refractivity contribution in [3.8, 4) is 5.88 Å². The highest BCUT2D eigenvalue weighted by atomic mass is 16.5. The lowest BCUT2D eigenvalue weighted by atomic mass is 10.1. The molecule has 0 saturated heterocycles. The molecule has 3 N–H and O–H groups in total. The van der Waals surface area contributed by atoms with E-state index in [1.165, 1.54) is 11.8 Å². The van der Waals surface area contributed by atoms with E-state index in [1.807, 2.05) is 12.1 Å². The summed E-state index contributed by atoms with van der Waals surface area (Å²) in [7, 11) is 0. The van der Waals surface area contributed by atoms with Gasteiger partial charge in [0.15, 0.2) is 5.84 Å². The third-order valence-electron chi connectivity index (χ3n) is 2.67. The van der Waals surface area contributed by atoms with Gasteiger partial charge in [0.05, 0.1) is 18.4 Å². The van der Waals surface area contributed by atoms with E-state index in [0.29, 0.717) is 12.2 Å². The molecule has 0 aromatic carbocycles. The zero-order valence-electron chi connectivity index (χ0n) is 10.8. The number of rotatable bonds is 6. The standard InChI is InChI=1S/C13H15N5O2/c14-12(18-19)11-5-8-16-17-13(11)20-9-1-2-10-3-6-15-7-4-10/h3-8,19H,1-2,9H2,(H2,14,18). The molecule has 2 heterocycles. The van der Waals surface area contributed by atoms with Crippen LogP contribution in [0.1, 0.15) is 17.5 Å². The molecule has 0 unspecified atom stereocenters. The molecule has 7 heteroatoms. The number of pyridine rings is 1. The van der Waals surface area contributed by atoms with Gasteiger partial charge in [-0.05, 0) is 36.6 Å². The lowest BCUT2D eigenvalue weighted by Gasteiger charge is -2.08. The van der Waals surface area contributed by atoms with Crippen molar-refractivity contribution in [1.29, 1.82) is 0 Å². The average Bonchev–Trinajstić information content (AvgIpc) is 2.52. The highest BCUT2D eigenvalue weighted by molar-refractivity contribution is 5.98. The van der Waals surface area contributed by atoms with Crippen molar-refractivity contribution >= 4 is 5.84 Å². The zero-order chi connectivity index (χ0) is 14.2. The summed E-state index contributed by atoms with van der Waals surface area (Å²) in [6, 6.07) is 5.51. The third-order valence-corrected chi connectivity index (χ3v) is 2.67. The van der Waals surface area contributed by atoms with Crippen molar-refractivity contribution in [2.75, 3.05) is 6.61 Å². The summed E-state index contributed by atoms with van der Waals surface area (Å²) in [5.41, 5.74) is 7.15. The Morgan fingerprint density at radius 1 is 1.25 bits per heavy atom. The monoisotopic (exact) mass is 273 g/mol. The minimum Gasteiger partial charge on any atom is -0.476 e. The van der Waals surface area contributed by atoms with Crippen molar-refractivity contribution in [2.45, 2.75) is 12.8 Å². The number of nitrogens with zero attached hydrogens (tertiary/aromatic N) is 4.